The number of hydrogen-bond acceptors (Lipinski definition) is 4. The highest BCUT2D eigenvalue weighted by molar-refractivity contribution is 5.91. The molecule has 0 spiro atoms. The van der Waals surface area contributed by atoms with Crippen LogP contribution < -0.4 is 15.4 Å². The van der Waals surface area contributed by atoms with E-state index in [4.69, 9.17) is 9.84 Å². The Balaban J connectivity index is 1.56. The largest absolute Gasteiger partial charge is 0.497 e. The third-order valence-electron chi connectivity index (χ3n) is 6.06. The molecular formula is C26H30N4O3. The molecule has 1 fully saturated rings. The van der Waals surface area contributed by atoms with Crippen LogP contribution in [0, 0.1) is 0 Å². The van der Waals surface area contributed by atoms with Crippen LogP contribution in [-0.4, -0.2) is 28.7 Å². The van der Waals surface area contributed by atoms with Gasteiger partial charge in [0.05, 0.1) is 31.0 Å². The molecule has 2 aromatic carbocycles. The summed E-state index contributed by atoms with van der Waals surface area (Å²) in [6.45, 7) is 1.45. The molecule has 1 heterocycles. The number of nitrogens with zero attached hydrogens (tertiary/aromatic N) is 2. The Morgan fingerprint density at radius 2 is 1.79 bits per heavy atom. The van der Waals surface area contributed by atoms with Crippen molar-refractivity contribution in [3.05, 3.63) is 71.9 Å². The molecule has 4 rings (SSSR count). The van der Waals surface area contributed by atoms with Gasteiger partial charge in [-0.05, 0) is 42.7 Å². The molecule has 7 nitrogen and oxygen atoms in total. The Hall–Kier alpha value is -3.61. The lowest BCUT2D eigenvalue weighted by Crippen LogP contribution is -2.30. The molecule has 33 heavy (non-hydrogen) atoms. The summed E-state index contributed by atoms with van der Waals surface area (Å²) in [5, 5.41) is 10.8. The van der Waals surface area contributed by atoms with Gasteiger partial charge >= 0.3 is 0 Å². The van der Waals surface area contributed by atoms with Gasteiger partial charge in [-0.1, -0.05) is 43.2 Å². The van der Waals surface area contributed by atoms with Gasteiger partial charge in [0.15, 0.2) is 0 Å². The molecule has 1 aliphatic rings. The molecular weight excluding hydrogens is 416 g/mol. The zero-order chi connectivity index (χ0) is 23.2. The molecule has 1 saturated carbocycles. The van der Waals surface area contributed by atoms with Crippen molar-refractivity contribution < 1.29 is 14.3 Å². The van der Waals surface area contributed by atoms with Gasteiger partial charge in [0.25, 0.3) is 0 Å². The first kappa shape index (κ1) is 22.6. The predicted molar refractivity (Wildman–Crippen MR) is 128 cm³/mol. The van der Waals surface area contributed by atoms with Crippen LogP contribution in [0.2, 0.25) is 0 Å². The highest BCUT2D eigenvalue weighted by atomic mass is 16.5. The molecule has 172 valence electrons. The van der Waals surface area contributed by atoms with Gasteiger partial charge in [0.1, 0.15) is 11.6 Å². The van der Waals surface area contributed by atoms with Gasteiger partial charge in [-0.25, -0.2) is 4.68 Å². The van der Waals surface area contributed by atoms with Crippen LogP contribution in [0.3, 0.4) is 0 Å². The van der Waals surface area contributed by atoms with Crippen LogP contribution in [0.1, 0.15) is 62.2 Å². The summed E-state index contributed by atoms with van der Waals surface area (Å²) in [5.41, 5.74) is 2.75. The minimum Gasteiger partial charge on any atom is -0.497 e. The monoisotopic (exact) mass is 446 g/mol. The molecule has 1 aliphatic carbocycles. The number of ether oxygens (including phenoxy) is 1. The number of benzene rings is 2. The second-order valence-electron chi connectivity index (χ2n) is 8.46. The molecule has 3 aromatic rings. The maximum atomic E-state index is 13.1. The first-order valence-electron chi connectivity index (χ1n) is 11.4. The van der Waals surface area contributed by atoms with Crippen LogP contribution in [0.5, 0.6) is 5.75 Å². The minimum absolute atomic E-state index is 0.102. The van der Waals surface area contributed by atoms with Crippen molar-refractivity contribution >= 4 is 17.6 Å². The van der Waals surface area contributed by atoms with Crippen molar-refractivity contribution in [2.45, 2.75) is 51.0 Å². The summed E-state index contributed by atoms with van der Waals surface area (Å²) in [6, 6.07) is 18.7. The van der Waals surface area contributed by atoms with Gasteiger partial charge in [0.2, 0.25) is 11.8 Å². The van der Waals surface area contributed by atoms with E-state index >= 15 is 0 Å². The summed E-state index contributed by atoms with van der Waals surface area (Å²) in [6.07, 6.45) is 4.78. The molecule has 0 aliphatic heterocycles. The Morgan fingerprint density at radius 1 is 1.09 bits per heavy atom. The smallest absolute Gasteiger partial charge is 0.227 e. The van der Waals surface area contributed by atoms with E-state index in [0.717, 1.165) is 35.5 Å². The Kier molecular flexibility index (Phi) is 7.07. The van der Waals surface area contributed by atoms with E-state index in [0.29, 0.717) is 11.7 Å². The zero-order valence-corrected chi connectivity index (χ0v) is 19.1. The van der Waals surface area contributed by atoms with Crippen molar-refractivity contribution in [1.82, 2.24) is 15.1 Å². The van der Waals surface area contributed by atoms with E-state index in [-0.39, 0.29) is 18.2 Å². The van der Waals surface area contributed by atoms with Crippen molar-refractivity contribution in [1.29, 1.82) is 0 Å². The molecule has 2 N–H and O–H groups in total. The quantitative estimate of drug-likeness (QED) is 0.523. The molecule has 0 saturated heterocycles. The van der Waals surface area contributed by atoms with Crippen LogP contribution in [0.25, 0.3) is 5.69 Å². The number of carbonyl (C=O) groups excluding carboxylic acids is 2. The number of para-hydroxylation sites is 1. The molecule has 0 radical (unpaired) electrons. The lowest BCUT2D eigenvalue weighted by molar-refractivity contribution is -0.120. The van der Waals surface area contributed by atoms with E-state index in [1.54, 1.807) is 11.8 Å². The molecule has 1 aromatic heterocycles. The number of nitrogens with one attached hydrogen (secondary N) is 2. The topological polar surface area (TPSA) is 85.2 Å². The van der Waals surface area contributed by atoms with Gasteiger partial charge in [-0.15, -0.1) is 0 Å². The van der Waals surface area contributed by atoms with E-state index in [9.17, 15) is 9.59 Å². The lowest BCUT2D eigenvalue weighted by atomic mass is 10.0. The highest BCUT2D eigenvalue weighted by Gasteiger charge is 2.24. The van der Waals surface area contributed by atoms with Crippen LogP contribution in [-0.2, 0) is 9.59 Å². The number of aromatic nitrogens is 2. The molecule has 0 bridgehead atoms. The maximum absolute atomic E-state index is 13.1. The van der Waals surface area contributed by atoms with Gasteiger partial charge in [-0.2, -0.15) is 5.10 Å². The number of methoxy groups -OCH3 is 1. The first-order chi connectivity index (χ1) is 16.0. The molecule has 1 unspecified atom stereocenters. The van der Waals surface area contributed by atoms with E-state index in [1.807, 2.05) is 60.7 Å². The Morgan fingerprint density at radius 3 is 2.42 bits per heavy atom. The van der Waals surface area contributed by atoms with Crippen LogP contribution >= 0.6 is 0 Å². The number of hydrogen-bond donors (Lipinski definition) is 2. The van der Waals surface area contributed by atoms with Crippen LogP contribution in [0.4, 0.5) is 5.82 Å². The van der Waals surface area contributed by atoms with Crippen molar-refractivity contribution in [2.75, 3.05) is 12.4 Å². The summed E-state index contributed by atoms with van der Waals surface area (Å²) in [5.74, 6) is 1.40. The SMILES string of the molecule is COc1ccc(C(CC(=O)Nc2cc(C3CCCC3)nn2-c2ccccc2)NC(C)=O)cc1. The second kappa shape index (κ2) is 10.3. The zero-order valence-electron chi connectivity index (χ0n) is 19.1. The average Bonchev–Trinajstić information content (AvgIpc) is 3.49. The molecule has 7 heteroatoms. The number of carbonyl (C=O) groups is 2. The maximum Gasteiger partial charge on any atom is 0.227 e. The average molecular weight is 447 g/mol. The lowest BCUT2D eigenvalue weighted by Gasteiger charge is -2.18. The first-order valence-corrected chi connectivity index (χ1v) is 11.4. The van der Waals surface area contributed by atoms with E-state index in [1.165, 1.54) is 19.8 Å². The number of anilines is 1. The summed E-state index contributed by atoms with van der Waals surface area (Å²) >= 11 is 0. The van der Waals surface area contributed by atoms with E-state index in [2.05, 4.69) is 10.6 Å². The number of amides is 2. The fraction of sp³-hybridized carbons (Fsp3) is 0.346. The third-order valence-corrected chi connectivity index (χ3v) is 6.06. The normalized spacial score (nSPS) is 14.6. The van der Waals surface area contributed by atoms with Crippen LogP contribution in [0.15, 0.2) is 60.7 Å². The third kappa shape index (κ3) is 5.61. The van der Waals surface area contributed by atoms with Gasteiger partial charge in [0, 0.05) is 18.9 Å². The molecule has 2 amide bonds. The standard InChI is InChI=1S/C26H30N4O3/c1-18(31)27-23(20-12-14-22(33-2)15-13-20)17-26(32)28-25-16-24(19-8-6-7-9-19)29-30(25)21-10-4-3-5-11-21/h3-5,10-16,19,23H,6-9,17H2,1-2H3,(H,27,31)(H,28,32). The van der Waals surface area contributed by atoms with Gasteiger partial charge < -0.3 is 15.4 Å². The Bertz CT molecular complexity index is 1090. The number of rotatable bonds is 8. The van der Waals surface area contributed by atoms with Gasteiger partial charge in [-0.3, -0.25) is 9.59 Å². The Labute approximate surface area is 194 Å². The molecule has 1 atom stereocenters. The summed E-state index contributed by atoms with van der Waals surface area (Å²) in [7, 11) is 1.60. The van der Waals surface area contributed by atoms with Crippen molar-refractivity contribution in [3.8, 4) is 11.4 Å². The predicted octanol–water partition coefficient (Wildman–Crippen LogP) is 4.74. The summed E-state index contributed by atoms with van der Waals surface area (Å²) < 4.78 is 7.01. The summed E-state index contributed by atoms with van der Waals surface area (Å²) in [4.78, 5) is 24.9. The minimum atomic E-state index is -0.448. The highest BCUT2D eigenvalue weighted by Crippen LogP contribution is 2.35. The second-order valence-corrected chi connectivity index (χ2v) is 8.46. The fourth-order valence-electron chi connectivity index (χ4n) is 4.39. The van der Waals surface area contributed by atoms with E-state index < -0.39 is 6.04 Å². The van der Waals surface area contributed by atoms with Crippen molar-refractivity contribution in [3.63, 3.8) is 0 Å². The van der Waals surface area contributed by atoms with Crippen molar-refractivity contribution in [2.24, 2.45) is 0 Å². The fourth-order valence-corrected chi connectivity index (χ4v) is 4.39.